The van der Waals surface area contributed by atoms with E-state index in [0.717, 1.165) is 5.01 Å². The van der Waals surface area contributed by atoms with Gasteiger partial charge in [-0.2, -0.15) is 0 Å². The van der Waals surface area contributed by atoms with Gasteiger partial charge >= 0.3 is 5.97 Å². The van der Waals surface area contributed by atoms with E-state index in [0.29, 0.717) is 4.34 Å². The number of hydrogen-bond donors (Lipinski definition) is 1. The van der Waals surface area contributed by atoms with E-state index in [9.17, 15) is 4.79 Å². The molecule has 5 heteroatoms. The minimum Gasteiger partial charge on any atom is -0.481 e. The Morgan fingerprint density at radius 1 is 1.71 bits per heavy atom. The summed E-state index contributed by atoms with van der Waals surface area (Å²) >= 11 is 7.13. The van der Waals surface area contributed by atoms with E-state index in [2.05, 4.69) is 4.98 Å². The zero-order valence-corrected chi connectivity index (χ0v) is 9.39. The highest BCUT2D eigenvalue weighted by molar-refractivity contribution is 7.15. The van der Waals surface area contributed by atoms with Crippen LogP contribution in [-0.2, 0) is 4.79 Å². The minimum atomic E-state index is -0.744. The van der Waals surface area contributed by atoms with Crippen molar-refractivity contribution in [3.63, 3.8) is 0 Å². The summed E-state index contributed by atoms with van der Waals surface area (Å²) in [6, 6.07) is 0. The highest BCUT2D eigenvalue weighted by atomic mass is 35.5. The van der Waals surface area contributed by atoms with Crippen LogP contribution in [0.2, 0.25) is 4.34 Å². The molecule has 0 radical (unpaired) electrons. The van der Waals surface area contributed by atoms with Crippen molar-refractivity contribution < 1.29 is 9.90 Å². The average molecular weight is 232 g/mol. The van der Waals surface area contributed by atoms with Crippen LogP contribution < -0.4 is 0 Å². The van der Waals surface area contributed by atoms with Crippen LogP contribution in [0.1, 0.15) is 24.8 Å². The number of hydrogen-bond acceptors (Lipinski definition) is 3. The van der Waals surface area contributed by atoms with Gasteiger partial charge in [-0.05, 0) is 5.41 Å². The van der Waals surface area contributed by atoms with Crippen molar-refractivity contribution in [3.05, 3.63) is 15.5 Å². The number of carboxylic acids is 1. The Morgan fingerprint density at radius 3 is 2.71 bits per heavy atom. The molecule has 1 aromatic rings. The quantitative estimate of drug-likeness (QED) is 0.851. The van der Waals surface area contributed by atoms with Gasteiger partial charge in [-0.15, -0.1) is 11.3 Å². The molecule has 0 amide bonds. The van der Waals surface area contributed by atoms with Crippen molar-refractivity contribution in [2.24, 2.45) is 11.3 Å². The smallest absolute Gasteiger partial charge is 0.307 e. The van der Waals surface area contributed by atoms with Gasteiger partial charge in [-0.25, -0.2) is 4.98 Å². The maximum absolute atomic E-state index is 10.9. The van der Waals surface area contributed by atoms with Gasteiger partial charge in [0.1, 0.15) is 4.34 Å². The van der Waals surface area contributed by atoms with Crippen molar-refractivity contribution in [2.75, 3.05) is 0 Å². The van der Waals surface area contributed by atoms with Crippen LogP contribution in [0.5, 0.6) is 0 Å². The summed E-state index contributed by atoms with van der Waals surface area (Å²) in [5, 5.41) is 9.81. The predicted molar refractivity (Wildman–Crippen MR) is 54.8 cm³/mol. The molecule has 14 heavy (non-hydrogen) atoms. The van der Waals surface area contributed by atoms with E-state index < -0.39 is 5.97 Å². The summed E-state index contributed by atoms with van der Waals surface area (Å²) in [7, 11) is 0. The van der Waals surface area contributed by atoms with Gasteiger partial charge in [0.05, 0.1) is 17.1 Å². The molecule has 1 saturated carbocycles. The molecule has 0 aromatic carbocycles. The van der Waals surface area contributed by atoms with E-state index in [4.69, 9.17) is 16.7 Å². The molecule has 0 saturated heterocycles. The molecule has 0 bridgehead atoms. The molecular formula is C9H10ClNO2S. The number of nitrogens with zero attached hydrogens (tertiary/aromatic N) is 1. The van der Waals surface area contributed by atoms with Gasteiger partial charge in [0.25, 0.3) is 0 Å². The van der Waals surface area contributed by atoms with E-state index in [1.165, 1.54) is 11.3 Å². The molecule has 1 heterocycles. The summed E-state index contributed by atoms with van der Waals surface area (Å²) in [6.45, 7) is 3.90. The monoisotopic (exact) mass is 231 g/mol. The molecule has 2 rings (SSSR count). The Hall–Kier alpha value is -0.610. The third-order valence-electron chi connectivity index (χ3n) is 2.85. The lowest BCUT2D eigenvalue weighted by molar-refractivity contribution is -0.139. The first kappa shape index (κ1) is 9.93. The maximum atomic E-state index is 10.9. The van der Waals surface area contributed by atoms with Gasteiger partial charge < -0.3 is 5.11 Å². The second-order valence-corrected chi connectivity index (χ2v) is 5.81. The first-order chi connectivity index (χ1) is 6.44. The molecule has 3 nitrogen and oxygen atoms in total. The van der Waals surface area contributed by atoms with Gasteiger partial charge in [0.2, 0.25) is 0 Å². The van der Waals surface area contributed by atoms with Crippen LogP contribution in [0.3, 0.4) is 0 Å². The highest BCUT2D eigenvalue weighted by Crippen LogP contribution is 2.65. The highest BCUT2D eigenvalue weighted by Gasteiger charge is 2.64. The second kappa shape index (κ2) is 2.94. The summed E-state index contributed by atoms with van der Waals surface area (Å²) < 4.78 is 0.617. The Balaban J connectivity index is 2.27. The van der Waals surface area contributed by atoms with Crippen LogP contribution >= 0.6 is 22.9 Å². The number of carboxylic acid groups (broad SMARTS) is 1. The number of carbonyl (C=O) groups is 1. The lowest BCUT2D eigenvalue weighted by atomic mass is 10.1. The topological polar surface area (TPSA) is 50.2 Å². The van der Waals surface area contributed by atoms with Crippen LogP contribution in [0.25, 0.3) is 0 Å². The Morgan fingerprint density at radius 2 is 2.36 bits per heavy atom. The standard InChI is InChI=1S/C9H10ClNO2S/c1-9(2)5(6(9)8(12)13)7-11-3-4(10)14-7/h3,5-6H,1-2H3,(H,12,13). The molecule has 1 aliphatic rings. The lowest BCUT2D eigenvalue weighted by Crippen LogP contribution is -2.03. The number of aromatic nitrogens is 1. The number of aliphatic carboxylic acids is 1. The molecule has 1 N–H and O–H groups in total. The van der Waals surface area contributed by atoms with Crippen LogP contribution in [-0.4, -0.2) is 16.1 Å². The van der Waals surface area contributed by atoms with E-state index >= 15 is 0 Å². The Kier molecular flexibility index (Phi) is 2.08. The normalized spacial score (nSPS) is 28.8. The fourth-order valence-corrected chi connectivity index (χ4v) is 3.23. The van der Waals surface area contributed by atoms with Crippen LogP contribution in [0.4, 0.5) is 0 Å². The number of thiazole rings is 1. The first-order valence-electron chi connectivity index (χ1n) is 4.28. The number of rotatable bonds is 2. The zero-order chi connectivity index (χ0) is 10.5. The third-order valence-corrected chi connectivity index (χ3v) is 4.05. The van der Waals surface area contributed by atoms with Crippen molar-refractivity contribution in [2.45, 2.75) is 19.8 Å². The molecule has 0 spiro atoms. The van der Waals surface area contributed by atoms with Crippen molar-refractivity contribution in [1.29, 1.82) is 0 Å². The molecule has 2 atom stereocenters. The van der Waals surface area contributed by atoms with Gasteiger partial charge in [0.15, 0.2) is 0 Å². The van der Waals surface area contributed by atoms with Crippen molar-refractivity contribution >= 4 is 28.9 Å². The Bertz CT molecular complexity index is 388. The predicted octanol–water partition coefficient (Wildman–Crippen LogP) is 2.62. The molecule has 1 aromatic heterocycles. The van der Waals surface area contributed by atoms with E-state index in [1.54, 1.807) is 6.20 Å². The lowest BCUT2D eigenvalue weighted by Gasteiger charge is -1.97. The summed E-state index contributed by atoms with van der Waals surface area (Å²) in [5.41, 5.74) is -0.187. The van der Waals surface area contributed by atoms with Crippen molar-refractivity contribution in [1.82, 2.24) is 4.98 Å². The fourth-order valence-electron chi connectivity index (χ4n) is 1.97. The van der Waals surface area contributed by atoms with Gasteiger partial charge in [-0.3, -0.25) is 4.79 Å². The molecule has 1 fully saturated rings. The van der Waals surface area contributed by atoms with E-state index in [1.807, 2.05) is 13.8 Å². The third kappa shape index (κ3) is 1.33. The molecule has 0 aliphatic heterocycles. The maximum Gasteiger partial charge on any atom is 0.307 e. The van der Waals surface area contributed by atoms with E-state index in [-0.39, 0.29) is 17.3 Å². The van der Waals surface area contributed by atoms with Crippen LogP contribution in [0.15, 0.2) is 6.20 Å². The summed E-state index contributed by atoms with van der Waals surface area (Å²) in [4.78, 5) is 15.0. The van der Waals surface area contributed by atoms with Crippen LogP contribution in [0, 0.1) is 11.3 Å². The minimum absolute atomic E-state index is 0.0255. The molecule has 1 aliphatic carbocycles. The SMILES string of the molecule is CC1(C)C(C(=O)O)C1c1ncc(Cl)s1. The molecule has 2 unspecified atom stereocenters. The second-order valence-electron chi connectivity index (χ2n) is 4.12. The fraction of sp³-hybridized carbons (Fsp3) is 0.556. The average Bonchev–Trinajstić information content (AvgIpc) is 2.42. The van der Waals surface area contributed by atoms with Gasteiger partial charge in [0, 0.05) is 5.92 Å². The Labute approximate surface area is 90.7 Å². The molecule has 76 valence electrons. The summed E-state index contributed by atoms with van der Waals surface area (Å²) in [5.74, 6) is -1.03. The number of halogens is 1. The summed E-state index contributed by atoms with van der Waals surface area (Å²) in [6.07, 6.45) is 1.58. The first-order valence-corrected chi connectivity index (χ1v) is 5.48. The molecular weight excluding hydrogens is 222 g/mol. The largest absolute Gasteiger partial charge is 0.481 e. The van der Waals surface area contributed by atoms with Gasteiger partial charge in [-0.1, -0.05) is 25.4 Å². The zero-order valence-electron chi connectivity index (χ0n) is 7.82. The van der Waals surface area contributed by atoms with Crippen molar-refractivity contribution in [3.8, 4) is 0 Å².